The first-order chi connectivity index (χ1) is 12.2. The Labute approximate surface area is 156 Å². The minimum Gasteiger partial charge on any atom is -0.543 e. The Balaban J connectivity index is 1.92. The van der Waals surface area contributed by atoms with Gasteiger partial charge in [0, 0.05) is 5.39 Å². The van der Waals surface area contributed by atoms with Gasteiger partial charge in [0.15, 0.2) is 0 Å². The van der Waals surface area contributed by atoms with Crippen LogP contribution < -0.4 is 4.43 Å². The van der Waals surface area contributed by atoms with E-state index in [9.17, 15) is 0 Å². The van der Waals surface area contributed by atoms with Crippen molar-refractivity contribution in [2.75, 3.05) is 0 Å². The Morgan fingerprint density at radius 2 is 1.42 bits per heavy atom. The minimum atomic E-state index is -1.89. The van der Waals surface area contributed by atoms with E-state index in [1.165, 1.54) is 21.5 Å². The van der Waals surface area contributed by atoms with Gasteiger partial charge in [0.2, 0.25) is 0 Å². The van der Waals surface area contributed by atoms with Crippen LogP contribution in [0.2, 0.25) is 18.1 Å². The van der Waals surface area contributed by atoms with E-state index in [1.807, 2.05) is 6.07 Å². The lowest BCUT2D eigenvalue weighted by molar-refractivity contribution is 0.496. The molecule has 0 atom stereocenters. The maximum Gasteiger partial charge on any atom is 0.250 e. The Kier molecular flexibility index (Phi) is 3.85. The Morgan fingerprint density at radius 3 is 2.04 bits per heavy atom. The van der Waals surface area contributed by atoms with Gasteiger partial charge >= 0.3 is 0 Å². The van der Waals surface area contributed by atoms with Crippen LogP contribution in [0.4, 0.5) is 0 Å². The highest BCUT2D eigenvalue weighted by molar-refractivity contribution is 6.74. The summed E-state index contributed by atoms with van der Waals surface area (Å²) in [7, 11) is -1.89. The van der Waals surface area contributed by atoms with Gasteiger partial charge in [0.1, 0.15) is 5.75 Å². The van der Waals surface area contributed by atoms with Crippen molar-refractivity contribution in [3.8, 4) is 5.75 Å². The first-order valence-electron chi connectivity index (χ1n) is 9.21. The van der Waals surface area contributed by atoms with E-state index in [4.69, 9.17) is 4.43 Å². The molecule has 0 aliphatic rings. The lowest BCUT2D eigenvalue weighted by atomic mass is 9.99. The number of benzene rings is 4. The largest absolute Gasteiger partial charge is 0.543 e. The van der Waals surface area contributed by atoms with Gasteiger partial charge in [-0.15, -0.1) is 0 Å². The molecule has 1 nitrogen and oxygen atoms in total. The van der Waals surface area contributed by atoms with Gasteiger partial charge in [0.25, 0.3) is 8.32 Å². The third kappa shape index (κ3) is 2.89. The zero-order chi connectivity index (χ0) is 18.5. The molecule has 0 spiro atoms. The minimum absolute atomic E-state index is 0.173. The quantitative estimate of drug-likeness (QED) is 0.269. The number of fused-ring (bicyclic) bond motifs is 3. The highest BCUT2D eigenvalue weighted by Crippen LogP contribution is 2.40. The van der Waals surface area contributed by atoms with Crippen molar-refractivity contribution in [1.29, 1.82) is 0 Å². The molecule has 0 N–H and O–H groups in total. The van der Waals surface area contributed by atoms with Crippen LogP contribution in [0.1, 0.15) is 20.8 Å². The predicted octanol–water partition coefficient (Wildman–Crippen LogP) is 7.33. The molecule has 4 aromatic rings. The predicted molar refractivity (Wildman–Crippen MR) is 116 cm³/mol. The lowest BCUT2D eigenvalue weighted by Gasteiger charge is -2.36. The fourth-order valence-corrected chi connectivity index (χ4v) is 4.16. The van der Waals surface area contributed by atoms with Gasteiger partial charge in [-0.05, 0) is 81.5 Å². The molecule has 0 saturated carbocycles. The average Bonchev–Trinajstić information content (AvgIpc) is 2.57. The van der Waals surface area contributed by atoms with Gasteiger partial charge < -0.3 is 4.43 Å². The molecule has 2 heteroatoms. The molecule has 0 fully saturated rings. The maximum absolute atomic E-state index is 6.63. The van der Waals surface area contributed by atoms with E-state index in [0.717, 1.165) is 16.5 Å². The highest BCUT2D eigenvalue weighted by Gasteiger charge is 2.39. The van der Waals surface area contributed by atoms with Crippen LogP contribution >= 0.6 is 0 Å². The second kappa shape index (κ2) is 5.85. The van der Waals surface area contributed by atoms with Crippen molar-refractivity contribution < 1.29 is 4.43 Å². The molecular weight excluding hydrogens is 332 g/mol. The van der Waals surface area contributed by atoms with Crippen molar-refractivity contribution in [3.63, 3.8) is 0 Å². The Morgan fingerprint density at radius 1 is 0.808 bits per heavy atom. The topological polar surface area (TPSA) is 9.23 Å². The summed E-state index contributed by atoms with van der Waals surface area (Å²) >= 11 is 0. The van der Waals surface area contributed by atoms with Crippen molar-refractivity contribution in [2.45, 2.75) is 38.9 Å². The van der Waals surface area contributed by atoms with Crippen LogP contribution in [0.15, 0.2) is 60.7 Å². The fraction of sp³-hybridized carbons (Fsp3) is 0.250. The number of rotatable bonds is 2. The van der Waals surface area contributed by atoms with E-state index in [-0.39, 0.29) is 5.04 Å². The first-order valence-corrected chi connectivity index (χ1v) is 12.1. The van der Waals surface area contributed by atoms with Gasteiger partial charge in [-0.3, -0.25) is 0 Å². The molecule has 0 unspecified atom stereocenters. The molecule has 4 rings (SSSR count). The molecule has 0 aliphatic heterocycles. The van der Waals surface area contributed by atoms with Crippen LogP contribution in [0, 0.1) is 6.07 Å². The van der Waals surface area contributed by atoms with E-state index in [2.05, 4.69) is 94.5 Å². The van der Waals surface area contributed by atoms with Crippen LogP contribution in [0.3, 0.4) is 0 Å². The molecule has 0 heterocycles. The summed E-state index contributed by atoms with van der Waals surface area (Å²) in [6, 6.07) is 25.0. The molecule has 26 heavy (non-hydrogen) atoms. The first kappa shape index (κ1) is 17.1. The van der Waals surface area contributed by atoms with E-state index in [0.29, 0.717) is 0 Å². The third-order valence-corrected chi connectivity index (χ3v) is 10.1. The van der Waals surface area contributed by atoms with Crippen LogP contribution in [-0.2, 0) is 0 Å². The third-order valence-electron chi connectivity index (χ3n) is 5.75. The second-order valence-electron chi connectivity index (χ2n) is 8.65. The SMILES string of the molecule is CC(C)(C)[Si](C)(C)Oc1cc[c]c2cc3cc4ccccc4cc3cc12. The van der Waals surface area contributed by atoms with E-state index in [1.54, 1.807) is 0 Å². The zero-order valence-electron chi connectivity index (χ0n) is 16.2. The van der Waals surface area contributed by atoms with Crippen molar-refractivity contribution in [3.05, 3.63) is 66.7 Å². The monoisotopic (exact) mass is 357 g/mol. The molecule has 0 aromatic heterocycles. The molecule has 131 valence electrons. The number of hydrogen-bond acceptors (Lipinski definition) is 1. The van der Waals surface area contributed by atoms with Crippen LogP contribution in [0.5, 0.6) is 5.75 Å². The standard InChI is InChI=1S/C24H25OSi/c1-24(2,3)26(4,5)25-23-12-8-11-19-15-20-13-17-9-6-7-10-18(17)14-21(20)16-22(19)23/h6-10,12-16H,1-5H3. The molecule has 0 aliphatic carbocycles. The lowest BCUT2D eigenvalue weighted by Crippen LogP contribution is -2.43. The summed E-state index contributed by atoms with van der Waals surface area (Å²) in [6.07, 6.45) is 0. The summed E-state index contributed by atoms with van der Waals surface area (Å²) in [5.41, 5.74) is 0. The molecule has 0 saturated heterocycles. The highest BCUT2D eigenvalue weighted by atomic mass is 28.4. The Bertz CT molecular complexity index is 1120. The summed E-state index contributed by atoms with van der Waals surface area (Å²) < 4.78 is 6.63. The van der Waals surface area contributed by atoms with Gasteiger partial charge in [-0.2, -0.15) is 0 Å². The summed E-state index contributed by atoms with van der Waals surface area (Å²) in [6.45, 7) is 11.4. The van der Waals surface area contributed by atoms with Crippen LogP contribution in [-0.4, -0.2) is 8.32 Å². The normalized spacial score (nSPS) is 12.8. The maximum atomic E-state index is 6.63. The van der Waals surface area contributed by atoms with Gasteiger partial charge in [-0.25, -0.2) is 0 Å². The number of hydrogen-bond donors (Lipinski definition) is 0. The van der Waals surface area contributed by atoms with Crippen molar-refractivity contribution in [1.82, 2.24) is 0 Å². The van der Waals surface area contributed by atoms with Crippen molar-refractivity contribution in [2.24, 2.45) is 0 Å². The Hall–Kier alpha value is -2.32. The smallest absolute Gasteiger partial charge is 0.250 e. The molecule has 4 aromatic carbocycles. The van der Waals surface area contributed by atoms with Crippen molar-refractivity contribution >= 4 is 40.6 Å². The molecule has 0 bridgehead atoms. The van der Waals surface area contributed by atoms with Crippen LogP contribution in [0.25, 0.3) is 32.3 Å². The summed E-state index contributed by atoms with van der Waals surface area (Å²) in [4.78, 5) is 0. The average molecular weight is 358 g/mol. The second-order valence-corrected chi connectivity index (χ2v) is 13.4. The molecule has 1 radical (unpaired) electrons. The van der Waals surface area contributed by atoms with Gasteiger partial charge in [0.05, 0.1) is 0 Å². The zero-order valence-corrected chi connectivity index (χ0v) is 17.2. The fourth-order valence-electron chi connectivity index (χ4n) is 3.13. The molecule has 0 amide bonds. The summed E-state index contributed by atoms with van der Waals surface area (Å²) in [5, 5.41) is 7.47. The van der Waals surface area contributed by atoms with E-state index >= 15 is 0 Å². The van der Waals surface area contributed by atoms with Gasteiger partial charge in [-0.1, -0.05) is 51.1 Å². The van der Waals surface area contributed by atoms with E-state index < -0.39 is 8.32 Å². The summed E-state index contributed by atoms with van der Waals surface area (Å²) in [5.74, 6) is 0.986. The molecular formula is C24H25OSi.